The van der Waals surface area contributed by atoms with Crippen LogP contribution in [0.25, 0.3) is 10.6 Å². The van der Waals surface area contributed by atoms with Gasteiger partial charge in [0, 0.05) is 30.5 Å². The van der Waals surface area contributed by atoms with Gasteiger partial charge in [0.25, 0.3) is 0 Å². The molecule has 31 heavy (non-hydrogen) atoms. The Balaban J connectivity index is 1.29. The van der Waals surface area contributed by atoms with Crippen molar-refractivity contribution in [2.75, 3.05) is 13.1 Å². The maximum atomic E-state index is 13.4. The summed E-state index contributed by atoms with van der Waals surface area (Å²) in [6, 6.07) is 15.6. The van der Waals surface area contributed by atoms with Crippen molar-refractivity contribution >= 4 is 23.2 Å². The second-order valence-corrected chi connectivity index (χ2v) is 8.46. The SMILES string of the molecule is O=C(NCCc1csc(-c2ccccc2)n1)C1CCCN1C(=O)Cc1cccc(F)c1. The highest BCUT2D eigenvalue weighted by atomic mass is 32.1. The highest BCUT2D eigenvalue weighted by Gasteiger charge is 2.33. The Labute approximate surface area is 184 Å². The molecule has 0 saturated carbocycles. The number of hydrogen-bond acceptors (Lipinski definition) is 4. The lowest BCUT2D eigenvalue weighted by atomic mass is 10.1. The molecule has 0 spiro atoms. The van der Waals surface area contributed by atoms with Crippen molar-refractivity contribution in [1.29, 1.82) is 0 Å². The Hall–Kier alpha value is -3.06. The van der Waals surface area contributed by atoms with Crippen LogP contribution in [-0.4, -0.2) is 40.8 Å². The van der Waals surface area contributed by atoms with Gasteiger partial charge in [0.05, 0.1) is 12.1 Å². The van der Waals surface area contributed by atoms with Gasteiger partial charge >= 0.3 is 0 Å². The van der Waals surface area contributed by atoms with Crippen molar-refractivity contribution in [3.63, 3.8) is 0 Å². The van der Waals surface area contributed by atoms with Crippen LogP contribution in [0.15, 0.2) is 60.0 Å². The summed E-state index contributed by atoms with van der Waals surface area (Å²) < 4.78 is 13.4. The van der Waals surface area contributed by atoms with Gasteiger partial charge < -0.3 is 10.2 Å². The van der Waals surface area contributed by atoms with Gasteiger partial charge in [-0.05, 0) is 30.5 Å². The third kappa shape index (κ3) is 5.35. The molecule has 1 fully saturated rings. The summed E-state index contributed by atoms with van der Waals surface area (Å²) in [6.07, 6.45) is 2.18. The second-order valence-electron chi connectivity index (χ2n) is 7.60. The normalized spacial score (nSPS) is 15.8. The van der Waals surface area contributed by atoms with Crippen LogP contribution in [0.2, 0.25) is 0 Å². The molecular formula is C24H24FN3O2S. The maximum absolute atomic E-state index is 13.4. The highest BCUT2D eigenvalue weighted by molar-refractivity contribution is 7.13. The molecule has 5 nitrogen and oxygen atoms in total. The number of halogens is 1. The Morgan fingerprint density at radius 3 is 2.81 bits per heavy atom. The van der Waals surface area contributed by atoms with E-state index in [4.69, 9.17) is 0 Å². The number of carbonyl (C=O) groups excluding carboxylic acids is 2. The number of aromatic nitrogens is 1. The van der Waals surface area contributed by atoms with E-state index in [0.717, 1.165) is 22.7 Å². The highest BCUT2D eigenvalue weighted by Crippen LogP contribution is 2.23. The van der Waals surface area contributed by atoms with Crippen molar-refractivity contribution in [3.05, 3.63) is 77.1 Å². The molecule has 2 aromatic carbocycles. The summed E-state index contributed by atoms with van der Waals surface area (Å²) >= 11 is 1.59. The first-order chi connectivity index (χ1) is 15.1. The zero-order chi connectivity index (χ0) is 21.6. The first-order valence-electron chi connectivity index (χ1n) is 10.4. The quantitative estimate of drug-likeness (QED) is 0.611. The average Bonchev–Trinajstić information content (AvgIpc) is 3.44. The van der Waals surface area contributed by atoms with Crippen molar-refractivity contribution in [1.82, 2.24) is 15.2 Å². The van der Waals surface area contributed by atoms with Gasteiger partial charge in [0.1, 0.15) is 16.9 Å². The fourth-order valence-corrected chi connectivity index (χ4v) is 4.69. The van der Waals surface area contributed by atoms with Crippen LogP contribution in [-0.2, 0) is 22.4 Å². The van der Waals surface area contributed by atoms with Crippen LogP contribution >= 0.6 is 11.3 Å². The predicted molar refractivity (Wildman–Crippen MR) is 119 cm³/mol. The number of likely N-dealkylation sites (tertiary alicyclic amines) is 1. The number of carbonyl (C=O) groups is 2. The number of thiazole rings is 1. The fourth-order valence-electron chi connectivity index (χ4n) is 3.83. The minimum Gasteiger partial charge on any atom is -0.354 e. The molecule has 2 heterocycles. The third-order valence-electron chi connectivity index (χ3n) is 5.37. The van der Waals surface area contributed by atoms with Crippen molar-refractivity contribution < 1.29 is 14.0 Å². The van der Waals surface area contributed by atoms with Gasteiger partial charge in [-0.15, -0.1) is 11.3 Å². The molecule has 1 aliphatic heterocycles. The first kappa shape index (κ1) is 21.2. The van der Waals surface area contributed by atoms with Crippen molar-refractivity contribution in [2.45, 2.75) is 31.7 Å². The molecule has 0 radical (unpaired) electrons. The Kier molecular flexibility index (Phi) is 6.72. The van der Waals surface area contributed by atoms with Crippen molar-refractivity contribution in [3.8, 4) is 10.6 Å². The van der Waals surface area contributed by atoms with Crippen LogP contribution in [0.3, 0.4) is 0 Å². The molecule has 4 rings (SSSR count). The van der Waals surface area contributed by atoms with Crippen LogP contribution in [0, 0.1) is 5.82 Å². The summed E-state index contributed by atoms with van der Waals surface area (Å²) in [5, 5.41) is 5.93. The van der Waals surface area contributed by atoms with Gasteiger partial charge in [0.15, 0.2) is 0 Å². The van der Waals surface area contributed by atoms with Crippen LogP contribution < -0.4 is 5.32 Å². The molecule has 3 aromatic rings. The van der Waals surface area contributed by atoms with Gasteiger partial charge in [-0.2, -0.15) is 0 Å². The van der Waals surface area contributed by atoms with Crippen LogP contribution in [0.4, 0.5) is 4.39 Å². The van der Waals surface area contributed by atoms with Crippen molar-refractivity contribution in [2.24, 2.45) is 0 Å². The fraction of sp³-hybridized carbons (Fsp3) is 0.292. The van der Waals surface area contributed by atoms with Gasteiger partial charge in [0.2, 0.25) is 11.8 Å². The smallest absolute Gasteiger partial charge is 0.242 e. The number of hydrogen-bond donors (Lipinski definition) is 1. The Morgan fingerprint density at radius 2 is 2.00 bits per heavy atom. The van der Waals surface area contributed by atoms with E-state index in [0.29, 0.717) is 31.5 Å². The Bertz CT molecular complexity index is 1050. The minimum absolute atomic E-state index is 0.0998. The summed E-state index contributed by atoms with van der Waals surface area (Å²) in [7, 11) is 0. The van der Waals surface area contributed by atoms with E-state index < -0.39 is 6.04 Å². The lowest BCUT2D eigenvalue weighted by Gasteiger charge is -2.24. The molecule has 1 saturated heterocycles. The van der Waals surface area contributed by atoms with E-state index >= 15 is 0 Å². The average molecular weight is 438 g/mol. The molecule has 0 bridgehead atoms. The summed E-state index contributed by atoms with van der Waals surface area (Å²) in [4.78, 5) is 31.7. The molecule has 1 aliphatic rings. The minimum atomic E-state index is -0.462. The second kappa shape index (κ2) is 9.83. The number of nitrogens with one attached hydrogen (secondary N) is 1. The van der Waals surface area contributed by atoms with E-state index in [1.54, 1.807) is 28.4 Å². The topological polar surface area (TPSA) is 62.3 Å². The zero-order valence-electron chi connectivity index (χ0n) is 17.1. The van der Waals surface area contributed by atoms with E-state index in [-0.39, 0.29) is 24.1 Å². The number of rotatable bonds is 7. The largest absolute Gasteiger partial charge is 0.354 e. The van der Waals surface area contributed by atoms with Gasteiger partial charge in [-0.3, -0.25) is 9.59 Å². The standard InChI is InChI=1S/C24H24FN3O2S/c25-19-9-4-6-17(14-19)15-22(29)28-13-5-10-21(28)23(30)26-12-11-20-16-31-24(27-20)18-7-2-1-3-8-18/h1-4,6-9,14,16,21H,5,10-13,15H2,(H,26,30). The molecule has 2 amide bonds. The number of nitrogens with zero attached hydrogens (tertiary/aromatic N) is 2. The maximum Gasteiger partial charge on any atom is 0.242 e. The van der Waals surface area contributed by atoms with Crippen LogP contribution in [0.5, 0.6) is 0 Å². The molecule has 7 heteroatoms. The zero-order valence-corrected chi connectivity index (χ0v) is 17.9. The van der Waals surface area contributed by atoms with E-state index in [1.165, 1.54) is 12.1 Å². The molecule has 1 atom stereocenters. The first-order valence-corrected chi connectivity index (χ1v) is 11.3. The molecule has 1 N–H and O–H groups in total. The monoisotopic (exact) mass is 437 g/mol. The van der Waals surface area contributed by atoms with E-state index in [9.17, 15) is 14.0 Å². The lowest BCUT2D eigenvalue weighted by molar-refractivity contribution is -0.137. The predicted octanol–water partition coefficient (Wildman–Crippen LogP) is 3.84. The van der Waals surface area contributed by atoms with Crippen LogP contribution in [0.1, 0.15) is 24.1 Å². The molecule has 1 aromatic heterocycles. The summed E-state index contributed by atoms with van der Waals surface area (Å²) in [6.45, 7) is 1.03. The van der Waals surface area contributed by atoms with Gasteiger partial charge in [-0.25, -0.2) is 9.37 Å². The van der Waals surface area contributed by atoms with E-state index in [1.807, 2.05) is 35.7 Å². The molecule has 1 unspecified atom stereocenters. The summed E-state index contributed by atoms with van der Waals surface area (Å²) in [5.74, 6) is -0.641. The van der Waals surface area contributed by atoms with E-state index in [2.05, 4.69) is 10.3 Å². The lowest BCUT2D eigenvalue weighted by Crippen LogP contribution is -2.46. The molecule has 160 valence electrons. The number of benzene rings is 2. The molecule has 0 aliphatic carbocycles. The van der Waals surface area contributed by atoms with Gasteiger partial charge in [-0.1, -0.05) is 42.5 Å². The number of amides is 2. The molecular weight excluding hydrogens is 413 g/mol. The Morgan fingerprint density at radius 1 is 1.16 bits per heavy atom. The third-order valence-corrected chi connectivity index (χ3v) is 6.31. The summed E-state index contributed by atoms with van der Waals surface area (Å²) in [5.41, 5.74) is 2.64.